The van der Waals surface area contributed by atoms with E-state index in [1.807, 2.05) is 36.1 Å². The Hall–Kier alpha value is -4.18. The summed E-state index contributed by atoms with van der Waals surface area (Å²) in [6.07, 6.45) is 3.18. The van der Waals surface area contributed by atoms with Gasteiger partial charge in [-0.1, -0.05) is 18.7 Å². The minimum absolute atomic E-state index is 0.0325. The lowest BCUT2D eigenvalue weighted by Gasteiger charge is -2.41. The number of H-pyrrole nitrogens is 1. The van der Waals surface area contributed by atoms with Crippen LogP contribution in [-0.2, 0) is 4.79 Å². The van der Waals surface area contributed by atoms with Crippen molar-refractivity contribution < 1.29 is 9.53 Å². The number of amides is 1. The van der Waals surface area contributed by atoms with E-state index in [0.29, 0.717) is 43.8 Å². The summed E-state index contributed by atoms with van der Waals surface area (Å²) in [6.45, 7) is 11.2. The number of carbonyl (C=O) groups excluding carboxylic acids is 1. The van der Waals surface area contributed by atoms with Crippen molar-refractivity contribution in [2.45, 2.75) is 6.92 Å². The lowest BCUT2D eigenvalue weighted by atomic mass is 10.0. The molecule has 2 saturated heterocycles. The quantitative estimate of drug-likeness (QED) is 0.366. The second kappa shape index (κ2) is 10.2. The fraction of sp³-hybridized carbons (Fsp3) is 0.379. The van der Waals surface area contributed by atoms with Gasteiger partial charge in [0.2, 0.25) is 11.9 Å². The lowest BCUT2D eigenvalue weighted by Crippen LogP contribution is -2.51. The van der Waals surface area contributed by atoms with Gasteiger partial charge in [-0.3, -0.25) is 9.89 Å². The minimum atomic E-state index is -0.0325. The van der Waals surface area contributed by atoms with Crippen molar-refractivity contribution >= 4 is 39.5 Å². The van der Waals surface area contributed by atoms with Crippen molar-refractivity contribution in [1.82, 2.24) is 30.0 Å². The van der Waals surface area contributed by atoms with Gasteiger partial charge >= 0.3 is 0 Å². The molecular weight excluding hydrogens is 492 g/mol. The van der Waals surface area contributed by atoms with Crippen LogP contribution in [0.3, 0.4) is 0 Å². The smallest absolute Gasteiger partial charge is 0.246 e. The molecule has 1 N–H and O–H groups in total. The number of para-hydroxylation sites is 1. The van der Waals surface area contributed by atoms with Crippen molar-refractivity contribution in [3.05, 3.63) is 54.7 Å². The van der Waals surface area contributed by atoms with Crippen LogP contribution in [0.4, 0.5) is 11.8 Å². The molecule has 0 atom stereocenters. The van der Waals surface area contributed by atoms with Crippen molar-refractivity contribution in [2.24, 2.45) is 5.92 Å². The summed E-state index contributed by atoms with van der Waals surface area (Å²) < 4.78 is 6.60. The van der Waals surface area contributed by atoms with E-state index >= 15 is 0 Å². The first kappa shape index (κ1) is 25.1. The average molecular weight is 527 g/mol. The Balaban J connectivity index is 1.39. The van der Waals surface area contributed by atoms with Gasteiger partial charge in [0.25, 0.3) is 0 Å². The zero-order valence-electron chi connectivity index (χ0n) is 22.7. The molecule has 39 heavy (non-hydrogen) atoms. The van der Waals surface area contributed by atoms with Crippen molar-refractivity contribution in [3.8, 4) is 11.5 Å². The first-order valence-corrected chi connectivity index (χ1v) is 13.4. The third-order valence-corrected chi connectivity index (χ3v) is 7.57. The van der Waals surface area contributed by atoms with Crippen molar-refractivity contribution in [3.63, 3.8) is 0 Å². The minimum Gasteiger partial charge on any atom is -0.454 e. The fourth-order valence-corrected chi connectivity index (χ4v) is 5.54. The Morgan fingerprint density at radius 2 is 1.90 bits per heavy atom. The predicted molar refractivity (Wildman–Crippen MR) is 154 cm³/mol. The zero-order valence-corrected chi connectivity index (χ0v) is 22.7. The van der Waals surface area contributed by atoms with Gasteiger partial charge in [-0.2, -0.15) is 10.1 Å². The van der Waals surface area contributed by atoms with Crippen LogP contribution in [-0.4, -0.2) is 95.8 Å². The normalized spacial score (nSPS) is 16.3. The number of piperazine rings is 1. The molecule has 2 aliphatic rings. The maximum absolute atomic E-state index is 12.2. The summed E-state index contributed by atoms with van der Waals surface area (Å²) >= 11 is 0. The molecule has 0 radical (unpaired) electrons. The largest absolute Gasteiger partial charge is 0.454 e. The molecule has 0 spiro atoms. The molecule has 1 amide bonds. The molecule has 10 heteroatoms. The number of ether oxygens (including phenoxy) is 1. The highest BCUT2D eigenvalue weighted by Crippen LogP contribution is 2.39. The van der Waals surface area contributed by atoms with Crippen molar-refractivity contribution in [2.75, 3.05) is 69.7 Å². The number of aromatic nitrogens is 4. The summed E-state index contributed by atoms with van der Waals surface area (Å²) in [7, 11) is 4.21. The number of hydrogen-bond donors (Lipinski definition) is 1. The summed E-state index contributed by atoms with van der Waals surface area (Å²) in [5.74, 6) is 3.59. The lowest BCUT2D eigenvalue weighted by molar-refractivity contribution is -0.126. The highest BCUT2D eigenvalue weighted by Gasteiger charge is 2.31. The van der Waals surface area contributed by atoms with Gasteiger partial charge in [0.15, 0.2) is 5.75 Å². The topological polar surface area (TPSA) is 93.7 Å². The molecule has 4 aromatic rings. The highest BCUT2D eigenvalue weighted by atomic mass is 16.5. The zero-order chi connectivity index (χ0) is 27.1. The molecule has 2 fully saturated rings. The number of benzene rings is 2. The van der Waals surface area contributed by atoms with Crippen LogP contribution < -0.4 is 14.5 Å². The van der Waals surface area contributed by atoms with E-state index in [2.05, 4.69) is 51.6 Å². The molecular formula is C29H34N8O2. The Kier molecular flexibility index (Phi) is 6.56. The Labute approximate surface area is 227 Å². The number of nitrogens with zero attached hydrogens (tertiary/aromatic N) is 7. The molecule has 6 rings (SSSR count). The van der Waals surface area contributed by atoms with E-state index < -0.39 is 0 Å². The van der Waals surface area contributed by atoms with E-state index in [9.17, 15) is 4.79 Å². The maximum Gasteiger partial charge on any atom is 0.246 e. The van der Waals surface area contributed by atoms with Crippen LogP contribution in [0, 0.1) is 12.8 Å². The summed E-state index contributed by atoms with van der Waals surface area (Å²) in [5.41, 5.74) is 2.72. The SMILES string of the molecule is C=CC(=O)N1CCN(c2nc(N3CC(CN(C)C)C3)nc3c(Oc4c(C)ccc5[nH]ncc45)cccc23)CC1. The fourth-order valence-electron chi connectivity index (χ4n) is 5.54. The number of carbonyl (C=O) groups is 1. The van der Waals surface area contributed by atoms with Gasteiger partial charge in [0, 0.05) is 57.1 Å². The van der Waals surface area contributed by atoms with Crippen LogP contribution in [0.15, 0.2) is 49.2 Å². The number of aromatic amines is 1. The second-order valence-corrected chi connectivity index (χ2v) is 10.7. The number of rotatable bonds is 7. The summed E-state index contributed by atoms with van der Waals surface area (Å²) in [5, 5.41) is 9.10. The van der Waals surface area contributed by atoms with E-state index in [-0.39, 0.29) is 5.91 Å². The maximum atomic E-state index is 12.2. The molecule has 0 saturated carbocycles. The highest BCUT2D eigenvalue weighted by molar-refractivity contribution is 5.95. The van der Waals surface area contributed by atoms with Crippen LogP contribution in [0.25, 0.3) is 21.8 Å². The van der Waals surface area contributed by atoms with Crippen LogP contribution >= 0.6 is 0 Å². The first-order valence-electron chi connectivity index (χ1n) is 13.4. The molecule has 0 bridgehead atoms. The van der Waals surface area contributed by atoms with E-state index in [4.69, 9.17) is 14.7 Å². The third kappa shape index (κ3) is 4.76. The Morgan fingerprint density at radius 1 is 1.10 bits per heavy atom. The first-order chi connectivity index (χ1) is 18.9. The molecule has 2 aromatic carbocycles. The van der Waals surface area contributed by atoms with Gasteiger partial charge in [-0.15, -0.1) is 0 Å². The monoisotopic (exact) mass is 526 g/mol. The van der Waals surface area contributed by atoms with E-state index in [1.165, 1.54) is 6.08 Å². The summed E-state index contributed by atoms with van der Waals surface area (Å²) in [6, 6.07) is 10.0. The molecule has 2 aliphatic heterocycles. The number of anilines is 2. The number of fused-ring (bicyclic) bond motifs is 2. The number of aryl methyl sites for hydroxylation is 1. The molecule has 202 valence electrons. The van der Waals surface area contributed by atoms with Gasteiger partial charge in [-0.25, -0.2) is 4.98 Å². The van der Waals surface area contributed by atoms with Crippen LogP contribution in [0.1, 0.15) is 5.56 Å². The molecule has 2 aromatic heterocycles. The average Bonchev–Trinajstić information content (AvgIpc) is 3.40. The van der Waals surface area contributed by atoms with Gasteiger partial charge in [0.05, 0.1) is 17.1 Å². The van der Waals surface area contributed by atoms with Crippen LogP contribution in [0.2, 0.25) is 0 Å². The van der Waals surface area contributed by atoms with Crippen molar-refractivity contribution in [1.29, 1.82) is 0 Å². The van der Waals surface area contributed by atoms with Crippen LogP contribution in [0.5, 0.6) is 11.5 Å². The number of nitrogens with one attached hydrogen (secondary N) is 1. The molecule has 0 aliphatic carbocycles. The predicted octanol–water partition coefficient (Wildman–Crippen LogP) is 3.44. The van der Waals surface area contributed by atoms with Gasteiger partial charge in [0.1, 0.15) is 17.1 Å². The van der Waals surface area contributed by atoms with E-state index in [0.717, 1.165) is 58.6 Å². The molecule has 10 nitrogen and oxygen atoms in total. The van der Waals surface area contributed by atoms with Gasteiger partial charge < -0.3 is 24.3 Å². The van der Waals surface area contributed by atoms with Gasteiger partial charge in [-0.05, 0) is 50.9 Å². The summed E-state index contributed by atoms with van der Waals surface area (Å²) in [4.78, 5) is 30.9. The molecule has 4 heterocycles. The standard InChI is InChI=1S/C29H34N8O2/c1-5-25(38)35-11-13-36(14-12-35)28-21-7-6-8-24(39-27-19(2)9-10-23-22(27)15-30-33-23)26(21)31-29(32-28)37-17-20(18-37)16-34(3)4/h5-10,15,20H,1,11-14,16-18H2,2-4H3,(H,30,33). The number of hydrogen-bond acceptors (Lipinski definition) is 8. The third-order valence-electron chi connectivity index (χ3n) is 7.57. The second-order valence-electron chi connectivity index (χ2n) is 10.7. The van der Waals surface area contributed by atoms with E-state index in [1.54, 1.807) is 6.20 Å². The Bertz CT molecular complexity index is 1530. The Morgan fingerprint density at radius 3 is 2.64 bits per heavy atom. The molecule has 0 unspecified atom stereocenters.